The van der Waals surface area contributed by atoms with E-state index in [-0.39, 0.29) is 0 Å². The van der Waals surface area contributed by atoms with E-state index in [2.05, 4.69) is 0 Å². The van der Waals surface area contributed by atoms with Gasteiger partial charge in [-0.25, -0.2) is 0 Å². The van der Waals surface area contributed by atoms with Gasteiger partial charge in [-0.15, -0.1) is 0 Å². The summed E-state index contributed by atoms with van der Waals surface area (Å²) in [4.78, 5) is 0. The van der Waals surface area contributed by atoms with Gasteiger partial charge in [0.15, 0.2) is 0 Å². The summed E-state index contributed by atoms with van der Waals surface area (Å²) in [5.41, 5.74) is 1.06. The van der Waals surface area contributed by atoms with Gasteiger partial charge in [-0.1, -0.05) is 23.7 Å². The SMILES string of the molecule is COCC(O)Cc1ccc(Cl)cc1. The number of ether oxygens (including phenoxy) is 1. The summed E-state index contributed by atoms with van der Waals surface area (Å²) in [6.07, 6.45) is 0.163. The van der Waals surface area contributed by atoms with Crippen LogP contribution in [0.15, 0.2) is 24.3 Å². The fourth-order valence-corrected chi connectivity index (χ4v) is 1.27. The van der Waals surface area contributed by atoms with Crippen LogP contribution in [-0.4, -0.2) is 24.9 Å². The highest BCUT2D eigenvalue weighted by atomic mass is 35.5. The summed E-state index contributed by atoms with van der Waals surface area (Å²) in [5, 5.41) is 10.1. The average molecular weight is 201 g/mol. The standard InChI is InChI=1S/C10H13ClO2/c1-13-7-10(12)6-8-2-4-9(11)5-3-8/h2-5,10,12H,6-7H2,1H3. The Kier molecular flexibility index (Phi) is 4.22. The Morgan fingerprint density at radius 1 is 1.38 bits per heavy atom. The van der Waals surface area contributed by atoms with Crippen molar-refractivity contribution in [1.82, 2.24) is 0 Å². The number of hydrogen-bond acceptors (Lipinski definition) is 2. The molecule has 1 rings (SSSR count). The normalized spacial score (nSPS) is 12.8. The molecule has 0 radical (unpaired) electrons. The van der Waals surface area contributed by atoms with Crippen LogP contribution in [0, 0.1) is 0 Å². The van der Waals surface area contributed by atoms with Gasteiger partial charge < -0.3 is 9.84 Å². The zero-order valence-electron chi connectivity index (χ0n) is 7.53. The van der Waals surface area contributed by atoms with E-state index in [1.807, 2.05) is 24.3 Å². The van der Waals surface area contributed by atoms with Gasteiger partial charge in [0, 0.05) is 18.6 Å². The Morgan fingerprint density at radius 2 is 2.00 bits per heavy atom. The maximum Gasteiger partial charge on any atom is 0.0813 e. The fraction of sp³-hybridized carbons (Fsp3) is 0.400. The number of aliphatic hydroxyl groups is 1. The first-order valence-electron chi connectivity index (χ1n) is 4.14. The van der Waals surface area contributed by atoms with Crippen molar-refractivity contribution in [3.63, 3.8) is 0 Å². The van der Waals surface area contributed by atoms with E-state index < -0.39 is 6.10 Å². The second kappa shape index (κ2) is 5.22. The monoisotopic (exact) mass is 200 g/mol. The van der Waals surface area contributed by atoms with Crippen molar-refractivity contribution in [2.75, 3.05) is 13.7 Å². The molecule has 1 atom stereocenters. The van der Waals surface area contributed by atoms with Gasteiger partial charge in [-0.05, 0) is 17.7 Å². The van der Waals surface area contributed by atoms with Gasteiger partial charge in [0.05, 0.1) is 12.7 Å². The Bertz CT molecular complexity index is 246. The molecule has 0 aliphatic carbocycles. The molecule has 1 N–H and O–H groups in total. The summed E-state index contributed by atoms with van der Waals surface area (Å²) >= 11 is 5.72. The molecule has 0 aliphatic rings. The minimum atomic E-state index is -0.439. The molecule has 13 heavy (non-hydrogen) atoms. The average Bonchev–Trinajstić information content (AvgIpc) is 2.09. The fourth-order valence-electron chi connectivity index (χ4n) is 1.14. The minimum Gasteiger partial charge on any atom is -0.390 e. The lowest BCUT2D eigenvalue weighted by atomic mass is 10.1. The van der Waals surface area contributed by atoms with Crippen molar-refractivity contribution in [3.8, 4) is 0 Å². The predicted molar refractivity (Wildman–Crippen MR) is 53.0 cm³/mol. The molecule has 2 nitrogen and oxygen atoms in total. The van der Waals surface area contributed by atoms with E-state index in [1.54, 1.807) is 7.11 Å². The quantitative estimate of drug-likeness (QED) is 0.805. The third-order valence-electron chi connectivity index (χ3n) is 1.74. The van der Waals surface area contributed by atoms with Crippen molar-refractivity contribution in [2.24, 2.45) is 0 Å². The van der Waals surface area contributed by atoms with Gasteiger partial charge in [-0.2, -0.15) is 0 Å². The highest BCUT2D eigenvalue weighted by Crippen LogP contribution is 2.10. The van der Waals surface area contributed by atoms with Crippen molar-refractivity contribution in [3.05, 3.63) is 34.9 Å². The first kappa shape index (κ1) is 10.5. The van der Waals surface area contributed by atoms with Crippen LogP contribution in [0.2, 0.25) is 5.02 Å². The maximum absolute atomic E-state index is 9.41. The van der Waals surface area contributed by atoms with Crippen LogP contribution in [0.25, 0.3) is 0 Å². The number of rotatable bonds is 4. The molecule has 0 saturated carbocycles. The molecule has 0 bridgehead atoms. The summed E-state index contributed by atoms with van der Waals surface area (Å²) < 4.78 is 4.82. The van der Waals surface area contributed by atoms with E-state index in [4.69, 9.17) is 16.3 Å². The van der Waals surface area contributed by atoms with Gasteiger partial charge in [0.2, 0.25) is 0 Å². The number of methoxy groups -OCH3 is 1. The van der Waals surface area contributed by atoms with E-state index in [1.165, 1.54) is 0 Å². The molecular formula is C10H13ClO2. The van der Waals surface area contributed by atoms with Crippen LogP contribution in [-0.2, 0) is 11.2 Å². The molecule has 1 unspecified atom stereocenters. The van der Waals surface area contributed by atoms with Crippen LogP contribution in [0.3, 0.4) is 0 Å². The maximum atomic E-state index is 9.41. The van der Waals surface area contributed by atoms with Crippen LogP contribution >= 0.6 is 11.6 Å². The van der Waals surface area contributed by atoms with Crippen LogP contribution in [0.4, 0.5) is 0 Å². The van der Waals surface area contributed by atoms with E-state index >= 15 is 0 Å². The third kappa shape index (κ3) is 3.77. The summed E-state index contributed by atoms with van der Waals surface area (Å²) in [6, 6.07) is 7.44. The Hall–Kier alpha value is -0.570. The van der Waals surface area contributed by atoms with Crippen LogP contribution < -0.4 is 0 Å². The molecule has 0 spiro atoms. The highest BCUT2D eigenvalue weighted by Gasteiger charge is 2.04. The number of halogens is 1. The number of aliphatic hydroxyl groups excluding tert-OH is 1. The molecule has 0 saturated heterocycles. The molecular weight excluding hydrogens is 188 g/mol. The molecule has 0 amide bonds. The molecule has 1 aromatic carbocycles. The predicted octanol–water partition coefficient (Wildman–Crippen LogP) is 1.89. The largest absolute Gasteiger partial charge is 0.390 e. The Balaban J connectivity index is 2.49. The van der Waals surface area contributed by atoms with Crippen molar-refractivity contribution in [2.45, 2.75) is 12.5 Å². The molecule has 1 aromatic rings. The molecule has 0 aliphatic heterocycles. The van der Waals surface area contributed by atoms with E-state index in [9.17, 15) is 5.11 Å². The first-order chi connectivity index (χ1) is 6.22. The van der Waals surface area contributed by atoms with Crippen molar-refractivity contribution in [1.29, 1.82) is 0 Å². The zero-order valence-corrected chi connectivity index (χ0v) is 8.29. The summed E-state index contributed by atoms with van der Waals surface area (Å²) in [7, 11) is 1.57. The number of benzene rings is 1. The topological polar surface area (TPSA) is 29.5 Å². The number of hydrogen-bond donors (Lipinski definition) is 1. The van der Waals surface area contributed by atoms with Crippen molar-refractivity contribution >= 4 is 11.6 Å². The molecule has 0 heterocycles. The van der Waals surface area contributed by atoms with Crippen LogP contribution in [0.1, 0.15) is 5.56 Å². The molecule has 72 valence electrons. The molecule has 0 aromatic heterocycles. The zero-order chi connectivity index (χ0) is 9.68. The highest BCUT2D eigenvalue weighted by molar-refractivity contribution is 6.30. The third-order valence-corrected chi connectivity index (χ3v) is 2.00. The van der Waals surface area contributed by atoms with E-state index in [0.717, 1.165) is 5.56 Å². The smallest absolute Gasteiger partial charge is 0.0813 e. The van der Waals surface area contributed by atoms with E-state index in [0.29, 0.717) is 18.1 Å². The van der Waals surface area contributed by atoms with Gasteiger partial charge in [0.25, 0.3) is 0 Å². The molecule has 0 fully saturated rings. The Morgan fingerprint density at radius 3 is 2.54 bits per heavy atom. The lowest BCUT2D eigenvalue weighted by molar-refractivity contribution is 0.0650. The van der Waals surface area contributed by atoms with Gasteiger partial charge in [-0.3, -0.25) is 0 Å². The lowest BCUT2D eigenvalue weighted by Gasteiger charge is -2.08. The van der Waals surface area contributed by atoms with Gasteiger partial charge >= 0.3 is 0 Å². The lowest BCUT2D eigenvalue weighted by Crippen LogP contribution is -2.16. The Labute approximate surface area is 83.1 Å². The molecule has 3 heteroatoms. The van der Waals surface area contributed by atoms with Crippen LogP contribution in [0.5, 0.6) is 0 Å². The second-order valence-electron chi connectivity index (χ2n) is 2.94. The summed E-state index contributed by atoms with van der Waals surface area (Å²) in [6.45, 7) is 0.364. The first-order valence-corrected chi connectivity index (χ1v) is 4.51. The van der Waals surface area contributed by atoms with Crippen molar-refractivity contribution < 1.29 is 9.84 Å². The second-order valence-corrected chi connectivity index (χ2v) is 3.38. The summed E-state index contributed by atoms with van der Waals surface area (Å²) in [5.74, 6) is 0. The van der Waals surface area contributed by atoms with Gasteiger partial charge in [0.1, 0.15) is 0 Å². The minimum absolute atomic E-state index is 0.364.